The molecule has 0 radical (unpaired) electrons. The van der Waals surface area contributed by atoms with Crippen molar-refractivity contribution in [3.63, 3.8) is 0 Å². The van der Waals surface area contributed by atoms with Gasteiger partial charge in [-0.1, -0.05) is 12.1 Å². The summed E-state index contributed by atoms with van der Waals surface area (Å²) in [5, 5.41) is 3.95. The van der Waals surface area contributed by atoms with Gasteiger partial charge in [-0.3, -0.25) is 4.79 Å². The van der Waals surface area contributed by atoms with Crippen LogP contribution in [0.2, 0.25) is 0 Å². The largest absolute Gasteiger partial charge is 0.497 e. The summed E-state index contributed by atoms with van der Waals surface area (Å²) in [6.07, 6.45) is 0.482. The molecule has 2 aromatic carbocycles. The fraction of sp³-hybridized carbons (Fsp3) is 0.211. The Morgan fingerprint density at radius 2 is 1.72 bits per heavy atom. The maximum atomic E-state index is 11.6. The zero-order valence-electron chi connectivity index (χ0n) is 14.1. The maximum absolute atomic E-state index is 11.6. The smallest absolute Gasteiger partial charge is 0.264 e. The number of rotatable bonds is 7. The molecule has 0 aliphatic heterocycles. The predicted molar refractivity (Wildman–Crippen MR) is 91.7 cm³/mol. The Morgan fingerprint density at radius 1 is 1.04 bits per heavy atom. The van der Waals surface area contributed by atoms with E-state index in [2.05, 4.69) is 10.1 Å². The zero-order valence-corrected chi connectivity index (χ0v) is 14.1. The number of Topliss-reactive ketones (excluding diaryl/α,β-unsaturated/α-hetero) is 1. The van der Waals surface area contributed by atoms with Crippen LogP contribution in [-0.2, 0) is 6.61 Å². The maximum Gasteiger partial charge on any atom is 0.264 e. The first-order valence-corrected chi connectivity index (χ1v) is 7.92. The van der Waals surface area contributed by atoms with Gasteiger partial charge in [0.25, 0.3) is 5.89 Å². The third kappa shape index (κ3) is 4.03. The summed E-state index contributed by atoms with van der Waals surface area (Å²) >= 11 is 0. The number of ketones is 1. The highest BCUT2D eigenvalue weighted by molar-refractivity contribution is 5.95. The molecule has 0 N–H and O–H groups in total. The van der Waals surface area contributed by atoms with Gasteiger partial charge >= 0.3 is 0 Å². The molecule has 6 nitrogen and oxygen atoms in total. The van der Waals surface area contributed by atoms with E-state index in [0.29, 0.717) is 29.4 Å². The highest BCUT2D eigenvalue weighted by Crippen LogP contribution is 2.20. The standard InChI is InChI=1S/C19H18N2O4/c1-3-17(22)13-4-10-16(11-5-13)24-12-18-20-19(21-25-18)14-6-8-15(23-2)9-7-14/h4-11H,3,12H2,1-2H3. The summed E-state index contributed by atoms with van der Waals surface area (Å²) in [5.74, 6) is 2.37. The Labute approximate surface area is 145 Å². The van der Waals surface area contributed by atoms with E-state index in [9.17, 15) is 4.79 Å². The molecule has 0 saturated heterocycles. The van der Waals surface area contributed by atoms with Crippen LogP contribution in [-0.4, -0.2) is 23.0 Å². The molecule has 0 fully saturated rings. The Kier molecular flexibility index (Phi) is 5.09. The van der Waals surface area contributed by atoms with Gasteiger partial charge in [0, 0.05) is 17.5 Å². The lowest BCUT2D eigenvalue weighted by Gasteiger charge is -2.04. The topological polar surface area (TPSA) is 74.5 Å². The van der Waals surface area contributed by atoms with E-state index >= 15 is 0 Å². The average molecular weight is 338 g/mol. The van der Waals surface area contributed by atoms with Crippen LogP contribution in [0.1, 0.15) is 29.6 Å². The second-order valence-electron chi connectivity index (χ2n) is 5.33. The number of aromatic nitrogens is 2. The van der Waals surface area contributed by atoms with Crippen LogP contribution in [0.4, 0.5) is 0 Å². The van der Waals surface area contributed by atoms with Crippen molar-refractivity contribution in [3.8, 4) is 22.9 Å². The quantitative estimate of drug-likeness (QED) is 0.608. The van der Waals surface area contributed by atoms with Crippen molar-refractivity contribution in [2.75, 3.05) is 7.11 Å². The molecule has 0 bridgehead atoms. The van der Waals surface area contributed by atoms with Gasteiger partial charge in [0.15, 0.2) is 12.4 Å². The van der Waals surface area contributed by atoms with Crippen LogP contribution < -0.4 is 9.47 Å². The minimum Gasteiger partial charge on any atom is -0.497 e. The first kappa shape index (κ1) is 16.7. The van der Waals surface area contributed by atoms with Crippen molar-refractivity contribution >= 4 is 5.78 Å². The lowest BCUT2D eigenvalue weighted by molar-refractivity contribution is 0.0988. The Morgan fingerprint density at radius 3 is 2.36 bits per heavy atom. The van der Waals surface area contributed by atoms with Gasteiger partial charge in [0.05, 0.1) is 7.11 Å². The summed E-state index contributed by atoms with van der Waals surface area (Å²) in [5.41, 5.74) is 1.51. The van der Waals surface area contributed by atoms with Gasteiger partial charge in [-0.2, -0.15) is 4.98 Å². The molecule has 3 aromatic rings. The molecule has 0 saturated carbocycles. The van der Waals surface area contributed by atoms with Gasteiger partial charge in [-0.25, -0.2) is 0 Å². The lowest BCUT2D eigenvalue weighted by Crippen LogP contribution is -1.98. The van der Waals surface area contributed by atoms with Crippen molar-refractivity contribution in [3.05, 3.63) is 60.0 Å². The molecule has 0 unspecified atom stereocenters. The highest BCUT2D eigenvalue weighted by Gasteiger charge is 2.10. The minimum atomic E-state index is 0.104. The normalized spacial score (nSPS) is 10.5. The number of nitrogens with zero attached hydrogens (tertiary/aromatic N) is 2. The number of carbonyl (C=O) groups is 1. The van der Waals surface area contributed by atoms with E-state index in [1.807, 2.05) is 31.2 Å². The molecular formula is C19H18N2O4. The van der Waals surface area contributed by atoms with Crippen molar-refractivity contribution in [2.45, 2.75) is 20.0 Å². The van der Waals surface area contributed by atoms with Crippen LogP contribution in [0.15, 0.2) is 53.1 Å². The predicted octanol–water partition coefficient (Wildman–Crippen LogP) is 3.92. The Hall–Kier alpha value is -3.15. The molecule has 25 heavy (non-hydrogen) atoms. The van der Waals surface area contributed by atoms with E-state index in [4.69, 9.17) is 14.0 Å². The molecule has 6 heteroatoms. The van der Waals surface area contributed by atoms with Gasteiger partial charge in [-0.05, 0) is 48.5 Å². The second kappa shape index (κ2) is 7.61. The number of benzene rings is 2. The lowest BCUT2D eigenvalue weighted by atomic mass is 10.1. The minimum absolute atomic E-state index is 0.104. The molecule has 0 amide bonds. The van der Waals surface area contributed by atoms with Gasteiger partial charge in [0.2, 0.25) is 5.82 Å². The molecule has 0 spiro atoms. The third-order valence-electron chi connectivity index (χ3n) is 3.68. The fourth-order valence-corrected chi connectivity index (χ4v) is 2.26. The highest BCUT2D eigenvalue weighted by atomic mass is 16.5. The van der Waals surface area contributed by atoms with Gasteiger partial charge in [-0.15, -0.1) is 0 Å². The van der Waals surface area contributed by atoms with Crippen molar-refractivity contribution < 1.29 is 18.8 Å². The van der Waals surface area contributed by atoms with Crippen LogP contribution in [0, 0.1) is 0 Å². The number of methoxy groups -OCH3 is 1. The van der Waals surface area contributed by atoms with Crippen LogP contribution in [0.25, 0.3) is 11.4 Å². The van der Waals surface area contributed by atoms with E-state index in [1.54, 1.807) is 31.4 Å². The molecule has 128 valence electrons. The zero-order chi connectivity index (χ0) is 17.6. The Bertz CT molecular complexity index is 839. The van der Waals surface area contributed by atoms with Crippen LogP contribution >= 0.6 is 0 Å². The molecule has 0 aliphatic rings. The van der Waals surface area contributed by atoms with Crippen LogP contribution in [0.3, 0.4) is 0 Å². The summed E-state index contributed by atoms with van der Waals surface area (Å²) < 4.78 is 15.9. The third-order valence-corrected chi connectivity index (χ3v) is 3.68. The van der Waals surface area contributed by atoms with E-state index in [0.717, 1.165) is 11.3 Å². The molecule has 0 aliphatic carbocycles. The van der Waals surface area contributed by atoms with Crippen molar-refractivity contribution in [2.24, 2.45) is 0 Å². The molecule has 1 aromatic heterocycles. The number of hydrogen-bond acceptors (Lipinski definition) is 6. The van der Waals surface area contributed by atoms with Crippen LogP contribution in [0.5, 0.6) is 11.5 Å². The first-order valence-electron chi connectivity index (χ1n) is 7.92. The monoisotopic (exact) mass is 338 g/mol. The fourth-order valence-electron chi connectivity index (χ4n) is 2.26. The first-order chi connectivity index (χ1) is 12.2. The SMILES string of the molecule is CCC(=O)c1ccc(OCc2nc(-c3ccc(OC)cc3)no2)cc1. The van der Waals surface area contributed by atoms with E-state index in [1.165, 1.54) is 0 Å². The summed E-state index contributed by atoms with van der Waals surface area (Å²) in [4.78, 5) is 15.9. The van der Waals surface area contributed by atoms with Crippen molar-refractivity contribution in [1.29, 1.82) is 0 Å². The number of carbonyl (C=O) groups excluding carboxylic acids is 1. The number of ether oxygens (including phenoxy) is 2. The molecule has 0 atom stereocenters. The molecule has 1 heterocycles. The van der Waals surface area contributed by atoms with Gasteiger partial charge < -0.3 is 14.0 Å². The summed E-state index contributed by atoms with van der Waals surface area (Å²) in [7, 11) is 1.61. The summed E-state index contributed by atoms with van der Waals surface area (Å²) in [6.45, 7) is 1.99. The second-order valence-corrected chi connectivity index (χ2v) is 5.33. The Balaban J connectivity index is 1.62. The van der Waals surface area contributed by atoms with Crippen molar-refractivity contribution in [1.82, 2.24) is 10.1 Å². The molecular weight excluding hydrogens is 320 g/mol. The van der Waals surface area contributed by atoms with E-state index in [-0.39, 0.29) is 12.4 Å². The number of hydrogen-bond donors (Lipinski definition) is 0. The summed E-state index contributed by atoms with van der Waals surface area (Å²) in [6, 6.07) is 14.4. The van der Waals surface area contributed by atoms with Gasteiger partial charge in [0.1, 0.15) is 11.5 Å². The average Bonchev–Trinajstić information content (AvgIpc) is 3.15. The molecule has 3 rings (SSSR count). The van der Waals surface area contributed by atoms with E-state index < -0.39 is 0 Å².